The van der Waals surface area contributed by atoms with Crippen molar-refractivity contribution in [2.45, 2.75) is 39.8 Å². The number of ether oxygens (including phenoxy) is 2. The Labute approximate surface area is 179 Å². The predicted octanol–water partition coefficient (Wildman–Crippen LogP) is 5.09. The molecular weight excluding hydrogens is 398 g/mol. The van der Waals surface area contributed by atoms with Crippen molar-refractivity contribution in [2.24, 2.45) is 0 Å². The van der Waals surface area contributed by atoms with E-state index in [1.807, 2.05) is 30.5 Å². The van der Waals surface area contributed by atoms with Crippen LogP contribution in [0.4, 0.5) is 4.79 Å². The molecule has 2 heterocycles. The first-order chi connectivity index (χ1) is 14.8. The molecular formula is C23H23N3O5. The lowest BCUT2D eigenvalue weighted by molar-refractivity contribution is 0.0308. The van der Waals surface area contributed by atoms with Gasteiger partial charge in [0.15, 0.2) is 0 Å². The molecule has 0 saturated heterocycles. The average Bonchev–Trinajstić information content (AvgIpc) is 3.11. The van der Waals surface area contributed by atoms with Gasteiger partial charge in [0.25, 0.3) is 0 Å². The van der Waals surface area contributed by atoms with E-state index in [2.05, 4.69) is 11.1 Å². The molecule has 160 valence electrons. The van der Waals surface area contributed by atoms with E-state index >= 15 is 0 Å². The molecule has 1 atom stereocenters. The Balaban J connectivity index is 2.19. The van der Waals surface area contributed by atoms with Gasteiger partial charge in [0.05, 0.1) is 23.4 Å². The zero-order valence-corrected chi connectivity index (χ0v) is 17.7. The number of hydrogen-bond donors (Lipinski definition) is 1. The number of rotatable bonds is 6. The molecule has 3 aromatic rings. The van der Waals surface area contributed by atoms with E-state index in [4.69, 9.17) is 9.47 Å². The molecule has 0 bridgehead atoms. The Hall–Kier alpha value is -3.86. The third-order valence-corrected chi connectivity index (χ3v) is 4.95. The topological polar surface area (TPSA) is 114 Å². The third kappa shape index (κ3) is 4.21. The van der Waals surface area contributed by atoms with Crippen molar-refractivity contribution >= 4 is 23.0 Å². The molecule has 0 aliphatic rings. The maximum Gasteiger partial charge on any atom is 0.508 e. The largest absolute Gasteiger partial charge is 0.508 e. The van der Waals surface area contributed by atoms with Crippen LogP contribution < -0.4 is 0 Å². The second kappa shape index (κ2) is 8.88. The number of aromatic carboxylic acids is 1. The Morgan fingerprint density at radius 1 is 1.26 bits per heavy atom. The van der Waals surface area contributed by atoms with Crippen LogP contribution in [0.3, 0.4) is 0 Å². The minimum absolute atomic E-state index is 0.0258. The van der Waals surface area contributed by atoms with Crippen LogP contribution in [0.2, 0.25) is 0 Å². The van der Waals surface area contributed by atoms with Gasteiger partial charge in [0, 0.05) is 40.5 Å². The number of fused-ring (bicyclic) bond motifs is 1. The summed E-state index contributed by atoms with van der Waals surface area (Å²) in [6, 6.07) is 9.24. The van der Waals surface area contributed by atoms with Gasteiger partial charge >= 0.3 is 12.1 Å². The standard InChI is InChI=1S/C23H23N3O5/c1-5-30-23(29)31-14(4)20-17(22(27)28)8-9-25-21(20)15-6-7-19-18(10-15)16(11-24)12-26(19)13(2)3/h6-10,12-14H,5H2,1-4H3,(H,27,28). The highest BCUT2D eigenvalue weighted by atomic mass is 16.7. The SMILES string of the molecule is CCOC(=O)OC(C)c1c(C(=O)O)ccnc1-c1ccc2c(c1)c(C#N)cn2C(C)C. The molecule has 0 saturated carbocycles. The summed E-state index contributed by atoms with van der Waals surface area (Å²) in [5, 5.41) is 20.0. The van der Waals surface area contributed by atoms with Gasteiger partial charge in [-0.05, 0) is 45.9 Å². The fraction of sp³-hybridized carbons (Fsp3) is 0.304. The second-order valence-corrected chi connectivity index (χ2v) is 7.26. The summed E-state index contributed by atoms with van der Waals surface area (Å²) in [4.78, 5) is 28.1. The van der Waals surface area contributed by atoms with Crippen molar-refractivity contribution in [3.63, 3.8) is 0 Å². The molecule has 0 spiro atoms. The summed E-state index contributed by atoms with van der Waals surface area (Å²) in [5.74, 6) is -1.16. The summed E-state index contributed by atoms with van der Waals surface area (Å²) in [7, 11) is 0. The van der Waals surface area contributed by atoms with Crippen LogP contribution in [0.25, 0.3) is 22.2 Å². The normalized spacial score (nSPS) is 11.9. The molecule has 2 aromatic heterocycles. The number of carboxylic acid groups (broad SMARTS) is 1. The Morgan fingerprint density at radius 3 is 2.61 bits per heavy atom. The molecule has 0 fully saturated rings. The molecule has 1 N–H and O–H groups in total. The fourth-order valence-electron chi connectivity index (χ4n) is 3.58. The molecule has 0 amide bonds. The van der Waals surface area contributed by atoms with Crippen LogP contribution in [0, 0.1) is 11.3 Å². The predicted molar refractivity (Wildman–Crippen MR) is 114 cm³/mol. The number of aromatic nitrogens is 2. The molecule has 8 heteroatoms. The highest BCUT2D eigenvalue weighted by Gasteiger charge is 2.25. The van der Waals surface area contributed by atoms with E-state index in [1.165, 1.54) is 12.3 Å². The minimum Gasteiger partial charge on any atom is -0.478 e. The van der Waals surface area contributed by atoms with Crippen LogP contribution >= 0.6 is 0 Å². The summed E-state index contributed by atoms with van der Waals surface area (Å²) in [6.45, 7) is 7.41. The van der Waals surface area contributed by atoms with Gasteiger partial charge in [0.1, 0.15) is 12.2 Å². The van der Waals surface area contributed by atoms with Gasteiger partial charge in [-0.1, -0.05) is 6.07 Å². The monoisotopic (exact) mass is 421 g/mol. The number of pyridine rings is 1. The number of nitrogens with zero attached hydrogens (tertiary/aromatic N) is 3. The Kier molecular flexibility index (Phi) is 6.25. The number of carboxylic acids is 1. The van der Waals surface area contributed by atoms with Gasteiger partial charge in [0.2, 0.25) is 0 Å². The third-order valence-electron chi connectivity index (χ3n) is 4.95. The summed E-state index contributed by atoms with van der Waals surface area (Å²) >= 11 is 0. The van der Waals surface area contributed by atoms with Crippen LogP contribution in [-0.2, 0) is 9.47 Å². The first-order valence-corrected chi connectivity index (χ1v) is 9.89. The van der Waals surface area contributed by atoms with E-state index < -0.39 is 18.2 Å². The highest BCUT2D eigenvalue weighted by molar-refractivity contribution is 5.94. The molecule has 1 aromatic carbocycles. The van der Waals surface area contributed by atoms with Gasteiger partial charge in [-0.3, -0.25) is 4.98 Å². The van der Waals surface area contributed by atoms with Gasteiger partial charge in [-0.15, -0.1) is 0 Å². The second-order valence-electron chi connectivity index (χ2n) is 7.26. The van der Waals surface area contributed by atoms with Crippen LogP contribution in [0.15, 0.2) is 36.7 Å². The zero-order chi connectivity index (χ0) is 22.7. The number of carbonyl (C=O) groups is 2. The Bertz CT molecular complexity index is 1190. The molecule has 3 rings (SSSR count). The van der Waals surface area contributed by atoms with E-state index in [0.717, 1.165) is 10.9 Å². The number of hydrogen-bond acceptors (Lipinski definition) is 6. The smallest absolute Gasteiger partial charge is 0.478 e. The summed E-state index contributed by atoms with van der Waals surface area (Å²) in [6.07, 6.45) is 1.39. The van der Waals surface area contributed by atoms with Crippen molar-refractivity contribution in [3.05, 3.63) is 53.3 Å². The van der Waals surface area contributed by atoms with Crippen molar-refractivity contribution in [1.29, 1.82) is 5.26 Å². The number of nitriles is 1. The lowest BCUT2D eigenvalue weighted by Crippen LogP contribution is -2.15. The maximum absolute atomic E-state index is 11.9. The van der Waals surface area contributed by atoms with E-state index in [0.29, 0.717) is 16.8 Å². The Morgan fingerprint density at radius 2 is 2.00 bits per heavy atom. The fourth-order valence-corrected chi connectivity index (χ4v) is 3.58. The molecule has 31 heavy (non-hydrogen) atoms. The lowest BCUT2D eigenvalue weighted by Gasteiger charge is -2.19. The van der Waals surface area contributed by atoms with Crippen LogP contribution in [0.5, 0.6) is 0 Å². The number of benzene rings is 1. The van der Waals surface area contributed by atoms with Crippen molar-refractivity contribution in [3.8, 4) is 17.3 Å². The first-order valence-electron chi connectivity index (χ1n) is 9.89. The van der Waals surface area contributed by atoms with Crippen molar-refractivity contribution in [1.82, 2.24) is 9.55 Å². The molecule has 1 unspecified atom stereocenters. The van der Waals surface area contributed by atoms with Crippen molar-refractivity contribution < 1.29 is 24.2 Å². The molecule has 0 aliphatic carbocycles. The lowest BCUT2D eigenvalue weighted by atomic mass is 9.96. The number of carbonyl (C=O) groups excluding carboxylic acids is 1. The molecule has 0 aliphatic heterocycles. The molecule has 0 radical (unpaired) electrons. The van der Waals surface area contributed by atoms with Gasteiger partial charge in [-0.25, -0.2) is 9.59 Å². The highest BCUT2D eigenvalue weighted by Crippen LogP contribution is 2.34. The summed E-state index contributed by atoms with van der Waals surface area (Å²) < 4.78 is 12.1. The van der Waals surface area contributed by atoms with Crippen LogP contribution in [0.1, 0.15) is 61.3 Å². The minimum atomic E-state index is -1.16. The zero-order valence-electron chi connectivity index (χ0n) is 17.7. The maximum atomic E-state index is 11.9. The average molecular weight is 421 g/mol. The van der Waals surface area contributed by atoms with E-state index in [9.17, 15) is 20.0 Å². The van der Waals surface area contributed by atoms with E-state index in [-0.39, 0.29) is 23.8 Å². The van der Waals surface area contributed by atoms with Gasteiger partial charge in [-0.2, -0.15) is 5.26 Å². The quantitative estimate of drug-likeness (QED) is 0.551. The van der Waals surface area contributed by atoms with Crippen LogP contribution in [-0.4, -0.2) is 33.4 Å². The van der Waals surface area contributed by atoms with Crippen molar-refractivity contribution in [2.75, 3.05) is 6.61 Å². The molecule has 8 nitrogen and oxygen atoms in total. The van der Waals surface area contributed by atoms with E-state index in [1.54, 1.807) is 26.1 Å². The van der Waals surface area contributed by atoms with Gasteiger partial charge < -0.3 is 19.1 Å². The first kappa shape index (κ1) is 21.8. The summed E-state index contributed by atoms with van der Waals surface area (Å²) in [5.41, 5.74) is 2.61.